The van der Waals surface area contributed by atoms with E-state index >= 15 is 0 Å². The summed E-state index contributed by atoms with van der Waals surface area (Å²) in [4.78, 5) is 3.03. The number of rotatable bonds is 2. The average Bonchev–Trinajstić information content (AvgIpc) is 2.80. The van der Waals surface area contributed by atoms with Crippen LogP contribution in [0.5, 0.6) is 0 Å². The summed E-state index contributed by atoms with van der Waals surface area (Å²) in [6.07, 6.45) is 7.33. The molecule has 0 aromatic carbocycles. The molecule has 3 heteroatoms. The highest BCUT2D eigenvalue weighted by Crippen LogP contribution is 2.02. The average molecular weight is 196 g/mol. The van der Waals surface area contributed by atoms with Gasteiger partial charge in [0, 0.05) is 30.1 Å². The third-order valence-electron chi connectivity index (χ3n) is 2.02. The van der Waals surface area contributed by atoms with Crippen LogP contribution < -0.4 is 4.57 Å². The normalized spacial score (nSPS) is 11.0. The van der Waals surface area contributed by atoms with Crippen molar-refractivity contribution < 1.29 is 4.57 Å². The molecule has 0 spiro atoms. The van der Waals surface area contributed by atoms with E-state index in [0.717, 1.165) is 5.69 Å². The second-order valence-corrected chi connectivity index (χ2v) is 3.05. The third kappa shape index (κ3) is 2.12. The summed E-state index contributed by atoms with van der Waals surface area (Å²) < 4.78 is 1.78. The molecule has 72 valence electrons. The molecular weight excluding hydrogens is 186 g/mol. The number of pyridine rings is 1. The van der Waals surface area contributed by atoms with E-state index in [9.17, 15) is 0 Å². The fourth-order valence-electron chi connectivity index (χ4n) is 1.31. The van der Waals surface area contributed by atoms with Crippen LogP contribution in [0.25, 0.3) is 11.8 Å². The molecule has 0 saturated heterocycles. The Morgan fingerprint density at radius 2 is 2.07 bits per heavy atom. The molecule has 15 heavy (non-hydrogen) atoms. The highest BCUT2D eigenvalue weighted by molar-refractivity contribution is 5.71. The van der Waals surface area contributed by atoms with E-state index in [1.165, 1.54) is 0 Å². The van der Waals surface area contributed by atoms with E-state index in [2.05, 4.69) is 11.1 Å². The van der Waals surface area contributed by atoms with Gasteiger partial charge in [0.1, 0.15) is 0 Å². The van der Waals surface area contributed by atoms with E-state index in [-0.39, 0.29) is 0 Å². The van der Waals surface area contributed by atoms with Crippen LogP contribution in [0.15, 0.2) is 48.9 Å². The Balaban J connectivity index is 2.38. The van der Waals surface area contributed by atoms with Gasteiger partial charge in [0.2, 0.25) is 0 Å². The van der Waals surface area contributed by atoms with Crippen LogP contribution in [-0.2, 0) is 0 Å². The fraction of sp³-hybridized carbons (Fsp3) is 0. The molecule has 0 radical (unpaired) electrons. The lowest BCUT2D eigenvalue weighted by Crippen LogP contribution is -2.29. The number of aromatic nitrogens is 2. The Bertz CT molecular complexity index is 489. The predicted molar refractivity (Wildman–Crippen MR) is 57.2 cm³/mol. The Morgan fingerprint density at radius 3 is 2.67 bits per heavy atom. The second kappa shape index (κ2) is 4.25. The number of hydrogen-bond donors (Lipinski definition) is 1. The van der Waals surface area contributed by atoms with Crippen molar-refractivity contribution in [3.8, 4) is 6.07 Å². The van der Waals surface area contributed by atoms with Gasteiger partial charge in [0.25, 0.3) is 5.70 Å². The molecular formula is C12H10N3+. The summed E-state index contributed by atoms with van der Waals surface area (Å²) in [5.74, 6) is 0. The quantitative estimate of drug-likeness (QED) is 0.578. The van der Waals surface area contributed by atoms with Crippen LogP contribution in [-0.4, -0.2) is 4.98 Å². The molecule has 0 aliphatic heterocycles. The summed E-state index contributed by atoms with van der Waals surface area (Å²) in [5.41, 5.74) is 1.50. The van der Waals surface area contributed by atoms with Crippen LogP contribution in [0.3, 0.4) is 0 Å². The molecule has 0 aliphatic carbocycles. The van der Waals surface area contributed by atoms with Crippen molar-refractivity contribution in [3.05, 3.63) is 54.6 Å². The Labute approximate surface area is 87.9 Å². The van der Waals surface area contributed by atoms with Gasteiger partial charge in [-0.15, -0.1) is 0 Å². The maximum Gasteiger partial charge on any atom is 0.290 e. The van der Waals surface area contributed by atoms with Crippen LogP contribution in [0, 0.1) is 11.3 Å². The van der Waals surface area contributed by atoms with Gasteiger partial charge in [-0.2, -0.15) is 9.83 Å². The van der Waals surface area contributed by atoms with Crippen molar-refractivity contribution >= 4 is 11.8 Å². The van der Waals surface area contributed by atoms with Crippen molar-refractivity contribution in [2.45, 2.75) is 0 Å². The molecule has 1 N–H and O–H groups in total. The van der Waals surface area contributed by atoms with E-state index in [4.69, 9.17) is 5.26 Å². The van der Waals surface area contributed by atoms with Gasteiger partial charge in [-0.3, -0.25) is 0 Å². The van der Waals surface area contributed by atoms with Crippen molar-refractivity contribution in [2.24, 2.45) is 0 Å². The number of hydrogen-bond acceptors (Lipinski definition) is 1. The van der Waals surface area contributed by atoms with Crippen molar-refractivity contribution in [1.29, 1.82) is 5.26 Å². The molecule has 0 atom stereocenters. The monoisotopic (exact) mass is 196 g/mol. The van der Waals surface area contributed by atoms with Crippen molar-refractivity contribution in [1.82, 2.24) is 4.98 Å². The van der Waals surface area contributed by atoms with E-state index < -0.39 is 0 Å². The van der Waals surface area contributed by atoms with Crippen LogP contribution >= 0.6 is 0 Å². The molecule has 0 fully saturated rings. The molecule has 0 bridgehead atoms. The van der Waals surface area contributed by atoms with Gasteiger partial charge >= 0.3 is 0 Å². The van der Waals surface area contributed by atoms with Crippen LogP contribution in [0.4, 0.5) is 0 Å². The summed E-state index contributed by atoms with van der Waals surface area (Å²) in [7, 11) is 0. The van der Waals surface area contributed by atoms with Gasteiger partial charge in [0.15, 0.2) is 18.5 Å². The number of allylic oxidation sites excluding steroid dienone is 1. The molecule has 2 heterocycles. The topological polar surface area (TPSA) is 43.5 Å². The van der Waals surface area contributed by atoms with E-state index in [1.807, 2.05) is 48.9 Å². The van der Waals surface area contributed by atoms with Gasteiger partial charge in [-0.25, -0.2) is 0 Å². The van der Waals surface area contributed by atoms with Gasteiger partial charge in [0.05, 0.1) is 0 Å². The van der Waals surface area contributed by atoms with Gasteiger partial charge < -0.3 is 4.98 Å². The fourth-order valence-corrected chi connectivity index (χ4v) is 1.31. The zero-order valence-electron chi connectivity index (χ0n) is 8.09. The molecule has 2 rings (SSSR count). The second-order valence-electron chi connectivity index (χ2n) is 3.05. The molecule has 0 saturated carbocycles. The molecule has 0 aliphatic rings. The third-order valence-corrected chi connectivity index (χ3v) is 2.02. The zero-order chi connectivity index (χ0) is 10.5. The van der Waals surface area contributed by atoms with Crippen molar-refractivity contribution in [2.75, 3.05) is 0 Å². The van der Waals surface area contributed by atoms with Gasteiger partial charge in [-0.1, -0.05) is 6.07 Å². The van der Waals surface area contributed by atoms with Gasteiger partial charge in [-0.05, 0) is 12.1 Å². The first-order valence-corrected chi connectivity index (χ1v) is 4.62. The summed E-state index contributed by atoms with van der Waals surface area (Å²) >= 11 is 0. The number of nitrogens with zero attached hydrogens (tertiary/aromatic N) is 2. The number of aromatic amines is 1. The summed E-state index contributed by atoms with van der Waals surface area (Å²) in [6.45, 7) is 0. The Hall–Kier alpha value is -2.34. The SMILES string of the molecule is N#C/C(=C\c1ccc[nH]1)[n+]1ccccc1. The maximum absolute atomic E-state index is 9.03. The zero-order valence-corrected chi connectivity index (χ0v) is 8.09. The minimum atomic E-state index is 0.582. The minimum absolute atomic E-state index is 0.582. The Kier molecular flexibility index (Phi) is 2.61. The first-order valence-electron chi connectivity index (χ1n) is 4.62. The number of nitrogens with one attached hydrogen (secondary N) is 1. The lowest BCUT2D eigenvalue weighted by atomic mass is 10.3. The van der Waals surface area contributed by atoms with Crippen molar-refractivity contribution in [3.63, 3.8) is 0 Å². The minimum Gasteiger partial charge on any atom is -0.361 e. The first-order chi connectivity index (χ1) is 7.40. The number of H-pyrrole nitrogens is 1. The summed E-state index contributed by atoms with van der Waals surface area (Å²) in [6, 6.07) is 11.7. The molecule has 2 aromatic rings. The highest BCUT2D eigenvalue weighted by Gasteiger charge is 2.07. The molecule has 3 nitrogen and oxygen atoms in total. The Morgan fingerprint density at radius 1 is 1.27 bits per heavy atom. The summed E-state index contributed by atoms with van der Waals surface area (Å²) in [5, 5.41) is 9.03. The predicted octanol–water partition coefficient (Wildman–Crippen LogP) is 1.82. The van der Waals surface area contributed by atoms with E-state index in [1.54, 1.807) is 10.6 Å². The van der Waals surface area contributed by atoms with Crippen LogP contribution in [0.2, 0.25) is 0 Å². The van der Waals surface area contributed by atoms with E-state index in [0.29, 0.717) is 5.70 Å². The molecule has 2 aromatic heterocycles. The van der Waals surface area contributed by atoms with Crippen LogP contribution in [0.1, 0.15) is 5.69 Å². The smallest absolute Gasteiger partial charge is 0.290 e. The lowest BCUT2D eigenvalue weighted by Gasteiger charge is -1.90. The number of nitriles is 1. The highest BCUT2D eigenvalue weighted by atomic mass is 14.9. The first kappa shape index (κ1) is 9.22. The maximum atomic E-state index is 9.03. The largest absolute Gasteiger partial charge is 0.361 e. The molecule has 0 unspecified atom stereocenters. The lowest BCUT2D eigenvalue weighted by molar-refractivity contribution is -0.576. The molecule has 0 amide bonds. The standard InChI is InChI=1S/C12H10N3/c13-10-12(9-11-5-4-6-14-11)15-7-2-1-3-8-15/h1-9,14H/q+1/b12-9+.